The van der Waals surface area contributed by atoms with E-state index >= 15 is 0 Å². The van der Waals surface area contributed by atoms with Gasteiger partial charge in [-0.25, -0.2) is 4.79 Å². The number of rotatable bonds is 25. The molecule has 0 saturated carbocycles. The van der Waals surface area contributed by atoms with Crippen molar-refractivity contribution in [3.63, 3.8) is 0 Å². The van der Waals surface area contributed by atoms with Crippen LogP contribution in [0.1, 0.15) is 144 Å². The maximum absolute atomic E-state index is 14.2. The Hall–Kier alpha value is -8.30. The number of anilines is 3. The summed E-state index contributed by atoms with van der Waals surface area (Å²) in [6, 6.07) is 23.0. The van der Waals surface area contributed by atoms with Crippen molar-refractivity contribution in [1.29, 1.82) is 0 Å². The molecule has 2 unspecified atom stereocenters. The molecule has 5 rings (SSSR count). The van der Waals surface area contributed by atoms with Gasteiger partial charge in [0.1, 0.15) is 29.9 Å². The summed E-state index contributed by atoms with van der Waals surface area (Å²) < 4.78 is 5.78. The number of carboxylic acids is 1. The monoisotopic (exact) mass is 1210 g/mol. The van der Waals surface area contributed by atoms with Crippen molar-refractivity contribution in [3.05, 3.63) is 131 Å². The van der Waals surface area contributed by atoms with Crippen LogP contribution in [0.4, 0.5) is 17.1 Å². The molecule has 4 aromatic carbocycles. The van der Waals surface area contributed by atoms with E-state index in [1.807, 2.05) is 103 Å². The van der Waals surface area contributed by atoms with E-state index in [-0.39, 0.29) is 60.6 Å². The van der Waals surface area contributed by atoms with E-state index in [4.69, 9.17) is 15.6 Å². The van der Waals surface area contributed by atoms with Gasteiger partial charge in [0.15, 0.2) is 6.61 Å². The first-order valence-corrected chi connectivity index (χ1v) is 29.9. The number of nitrogens with zero attached hydrogens (tertiary/aromatic N) is 4. The zero-order valence-corrected chi connectivity index (χ0v) is 54.0. The first-order valence-electron chi connectivity index (χ1n) is 29.9. The van der Waals surface area contributed by atoms with Crippen LogP contribution in [0.3, 0.4) is 0 Å². The molecule has 0 fully saturated rings. The van der Waals surface area contributed by atoms with Gasteiger partial charge in [0.2, 0.25) is 35.4 Å². The Labute approximate surface area is 518 Å². The van der Waals surface area contributed by atoms with E-state index in [9.17, 15) is 43.5 Å². The van der Waals surface area contributed by atoms with E-state index in [1.54, 1.807) is 81.4 Å². The van der Waals surface area contributed by atoms with Crippen LogP contribution in [0, 0.1) is 22.7 Å². The number of ether oxygens (including phenoxy) is 1. The maximum atomic E-state index is 14.2. The van der Waals surface area contributed by atoms with Crippen molar-refractivity contribution < 1.29 is 48.2 Å². The molecule has 1 aliphatic rings. The van der Waals surface area contributed by atoms with Gasteiger partial charge in [0, 0.05) is 53.5 Å². The van der Waals surface area contributed by atoms with Crippen molar-refractivity contribution >= 4 is 64.4 Å². The molecule has 7 atom stereocenters. The van der Waals surface area contributed by atoms with Crippen LogP contribution < -0.4 is 47.3 Å². The van der Waals surface area contributed by atoms with Crippen LogP contribution in [0.5, 0.6) is 5.75 Å². The molecular formula is C67H93N11O10. The third kappa shape index (κ3) is 19.1. The van der Waals surface area contributed by atoms with Gasteiger partial charge in [-0.1, -0.05) is 144 Å². The van der Waals surface area contributed by atoms with E-state index in [0.717, 1.165) is 16.7 Å². The summed E-state index contributed by atoms with van der Waals surface area (Å²) in [6.07, 6.45) is 1.19. The van der Waals surface area contributed by atoms with Crippen molar-refractivity contribution in [2.75, 3.05) is 42.8 Å². The third-order valence-electron chi connectivity index (χ3n) is 15.6. The van der Waals surface area contributed by atoms with Gasteiger partial charge < -0.3 is 57.3 Å². The fourth-order valence-electron chi connectivity index (χ4n) is 10.3. The number of nitrogens with one attached hydrogen (secondary N) is 6. The van der Waals surface area contributed by atoms with E-state index in [2.05, 4.69) is 57.8 Å². The van der Waals surface area contributed by atoms with E-state index < -0.39 is 88.6 Å². The summed E-state index contributed by atoms with van der Waals surface area (Å²) in [5, 5.41) is 36.0. The van der Waals surface area contributed by atoms with Crippen LogP contribution in [-0.2, 0) is 50.3 Å². The lowest BCUT2D eigenvalue weighted by Gasteiger charge is -2.40. The molecule has 4 aromatic rings. The second kappa shape index (κ2) is 30.6. The van der Waals surface area contributed by atoms with Gasteiger partial charge >= 0.3 is 5.97 Å². The highest BCUT2D eigenvalue weighted by Gasteiger charge is 2.42. The lowest BCUT2D eigenvalue weighted by atomic mass is 9.76. The Balaban J connectivity index is 1.14. The molecule has 0 radical (unpaired) electrons. The Morgan fingerprint density at radius 3 is 1.97 bits per heavy atom. The Bertz CT molecular complexity index is 3200. The molecule has 0 spiro atoms. The Morgan fingerprint density at radius 1 is 0.727 bits per heavy atom. The van der Waals surface area contributed by atoms with Crippen LogP contribution in [0.2, 0.25) is 0 Å². The SMILES string of the molecule is CN[C@H](C(=O)N[C@H](C(=O)N(C)[C@@H](/C=C(\C)C(=O)O)C(C)C)C(C)(C)C)C(C)(C)c1cccc(NC(=O)COc2ccc(NC(=O)[C@H](C)NC(=O)[C@@H](NC(=O)CCC(=O)N3Cc4ccccc4C(N)C(/N=N\CC(C)(C)C)c4ccccc43)C(C)C)cc2)c1. The van der Waals surface area contributed by atoms with Gasteiger partial charge in [0.25, 0.3) is 5.91 Å². The molecule has 21 nitrogen and oxygen atoms in total. The average Bonchev–Trinajstić information content (AvgIpc) is 2.10. The molecule has 0 saturated heterocycles. The smallest absolute Gasteiger partial charge is 0.331 e. The van der Waals surface area contributed by atoms with E-state index in [1.165, 1.54) is 18.7 Å². The molecule has 7 amide bonds. The molecule has 0 aromatic heterocycles. The molecule has 0 aliphatic carbocycles. The predicted molar refractivity (Wildman–Crippen MR) is 342 cm³/mol. The van der Waals surface area contributed by atoms with Crippen molar-refractivity contribution in [3.8, 4) is 5.75 Å². The van der Waals surface area contributed by atoms with Gasteiger partial charge in [-0.3, -0.25) is 33.6 Å². The summed E-state index contributed by atoms with van der Waals surface area (Å²) >= 11 is 0. The van der Waals surface area contributed by atoms with Gasteiger partial charge in [-0.15, -0.1) is 0 Å². The number of likely N-dealkylation sites (N-methyl/N-ethyl adjacent to an activating group) is 2. The molecular weight excluding hydrogens is 1120 g/mol. The molecule has 88 heavy (non-hydrogen) atoms. The predicted octanol–water partition coefficient (Wildman–Crippen LogP) is 8.76. The minimum atomic E-state index is -1.08. The van der Waals surface area contributed by atoms with Gasteiger partial charge in [-0.2, -0.15) is 10.2 Å². The van der Waals surface area contributed by atoms with Gasteiger partial charge in [-0.05, 0) is 103 Å². The number of carboxylic acid groups (broad SMARTS) is 1. The first-order chi connectivity index (χ1) is 41.1. The Kier molecular flexibility index (Phi) is 24.5. The largest absolute Gasteiger partial charge is 0.484 e. The molecule has 1 aliphatic heterocycles. The number of nitrogens with two attached hydrogens (primary N) is 1. The highest BCUT2D eigenvalue weighted by molar-refractivity contribution is 6.00. The topological polar surface area (TPSA) is 295 Å². The van der Waals surface area contributed by atoms with Crippen LogP contribution in [0.25, 0.3) is 0 Å². The summed E-state index contributed by atoms with van der Waals surface area (Å²) in [7, 11) is 3.26. The fraction of sp³-hybridized carbons (Fsp3) is 0.493. The second-order valence-corrected chi connectivity index (χ2v) is 26.2. The van der Waals surface area contributed by atoms with Crippen molar-refractivity contribution in [1.82, 2.24) is 26.2 Å². The van der Waals surface area contributed by atoms with Gasteiger partial charge in [0.05, 0.1) is 31.2 Å². The Morgan fingerprint density at radius 2 is 1.36 bits per heavy atom. The number of hydrogen-bond acceptors (Lipinski definition) is 13. The standard InChI is InChI=1S/C67H93N11O10/c1-39(2)51(34-41(5)64(86)87)77(16)63(85)59(66(10,11)12)75-62(84)58(69-15)67(13,14)44-23-21-24-46(35-44)72-53(80)37-88-47-30-28-45(29-31-47)73-60(82)42(6)71-61(83)56(40(3)4)74-52(79)32-33-54(81)78-36-43-22-17-18-25-48(43)55(68)57(76-70-38-65(7,8)9)49-26-19-20-27-50(49)78/h17-31,34-35,39-40,42,51,55-59,69H,32-33,36-38,68H2,1-16H3,(H,71,83)(H,72,80)(H,73,82)(H,74,79)(H,75,84)(H,86,87)/b41-34+,76-70-/t42-,51-,55?,56-,57?,58+,59+/m0/s1. The minimum Gasteiger partial charge on any atom is -0.484 e. The number of aliphatic carboxylic acids is 1. The third-order valence-corrected chi connectivity index (χ3v) is 15.6. The molecule has 9 N–H and O–H groups in total. The van der Waals surface area contributed by atoms with E-state index in [0.29, 0.717) is 34.9 Å². The number of benzene rings is 4. The van der Waals surface area contributed by atoms with Crippen molar-refractivity contribution in [2.24, 2.45) is 38.6 Å². The fourth-order valence-corrected chi connectivity index (χ4v) is 10.3. The summed E-state index contributed by atoms with van der Waals surface area (Å²) in [6.45, 7) is 26.2. The second-order valence-electron chi connectivity index (χ2n) is 26.2. The summed E-state index contributed by atoms with van der Waals surface area (Å²) in [5.74, 6) is -4.45. The van der Waals surface area contributed by atoms with Crippen LogP contribution >= 0.6 is 0 Å². The normalized spacial score (nSPS) is 16.4. The highest BCUT2D eigenvalue weighted by Crippen LogP contribution is 2.41. The number of azo groups is 1. The molecule has 476 valence electrons. The summed E-state index contributed by atoms with van der Waals surface area (Å²) in [4.78, 5) is 111. The maximum Gasteiger partial charge on any atom is 0.331 e. The zero-order chi connectivity index (χ0) is 65.6. The minimum absolute atomic E-state index is 0.0997. The lowest BCUT2D eigenvalue weighted by Crippen LogP contribution is -2.61. The summed E-state index contributed by atoms with van der Waals surface area (Å²) in [5.41, 5.74) is 9.92. The van der Waals surface area contributed by atoms with Crippen LogP contribution in [-0.4, -0.2) is 115 Å². The number of para-hydroxylation sites is 1. The quantitative estimate of drug-likeness (QED) is 0.0228. The molecule has 1 heterocycles. The first kappa shape index (κ1) is 70.5. The molecule has 21 heteroatoms. The number of hydrogen-bond donors (Lipinski definition) is 8. The lowest BCUT2D eigenvalue weighted by molar-refractivity contribution is -0.141. The number of fused-ring (bicyclic) bond motifs is 2. The highest BCUT2D eigenvalue weighted by atomic mass is 16.5. The van der Waals surface area contributed by atoms with Crippen molar-refractivity contribution in [2.45, 2.75) is 164 Å². The average molecular weight is 1210 g/mol. The molecule has 0 bridgehead atoms. The zero-order valence-electron chi connectivity index (χ0n) is 54.0. The number of carbonyl (C=O) groups excluding carboxylic acids is 7. The number of amides is 7. The van der Waals surface area contributed by atoms with Crippen LogP contribution in [0.15, 0.2) is 119 Å². The number of carbonyl (C=O) groups is 8.